The van der Waals surface area contributed by atoms with Crippen molar-refractivity contribution in [2.75, 3.05) is 12.8 Å². The highest BCUT2D eigenvalue weighted by Gasteiger charge is 2.20. The molecule has 0 amide bonds. The molecule has 0 aromatic heterocycles. The van der Waals surface area contributed by atoms with Crippen LogP contribution in [-0.2, 0) is 15.9 Å². The third kappa shape index (κ3) is 5.17. The lowest BCUT2D eigenvalue weighted by Crippen LogP contribution is -2.05. The monoisotopic (exact) mass is 292 g/mol. The quantitative estimate of drug-likeness (QED) is 0.627. The number of hydrogen-bond donors (Lipinski definition) is 1. The van der Waals surface area contributed by atoms with Gasteiger partial charge in [-0.05, 0) is 17.7 Å². The predicted octanol–water partition coefficient (Wildman–Crippen LogP) is 3.47. The van der Waals surface area contributed by atoms with Crippen molar-refractivity contribution in [3.63, 3.8) is 0 Å². The first-order valence-corrected chi connectivity index (χ1v) is 8.10. The van der Waals surface area contributed by atoms with Crippen LogP contribution in [0.3, 0.4) is 0 Å². The fourth-order valence-electron chi connectivity index (χ4n) is 1.64. The molecule has 0 spiro atoms. The van der Waals surface area contributed by atoms with Crippen molar-refractivity contribution in [3.8, 4) is 5.75 Å². The molecule has 0 aliphatic rings. The summed E-state index contributed by atoms with van der Waals surface area (Å²) in [6.45, 7) is 0.599. The van der Waals surface area contributed by atoms with E-state index in [9.17, 15) is 9.46 Å². The maximum Gasteiger partial charge on any atom is 0.378 e. The van der Waals surface area contributed by atoms with E-state index in [-0.39, 0.29) is 12.8 Å². The molecule has 0 heterocycles. The SMILES string of the molecule is O=P(O)(CCOCc1ccccc1)Oc1ccccc1. The van der Waals surface area contributed by atoms with E-state index in [0.29, 0.717) is 12.4 Å². The summed E-state index contributed by atoms with van der Waals surface area (Å²) in [6, 6.07) is 18.3. The summed E-state index contributed by atoms with van der Waals surface area (Å²) in [5, 5.41) is 0. The van der Waals surface area contributed by atoms with Crippen molar-refractivity contribution in [3.05, 3.63) is 66.2 Å². The van der Waals surface area contributed by atoms with Crippen LogP contribution in [0.15, 0.2) is 60.7 Å². The van der Waals surface area contributed by atoms with E-state index in [1.807, 2.05) is 36.4 Å². The van der Waals surface area contributed by atoms with Gasteiger partial charge in [0.05, 0.1) is 19.4 Å². The van der Waals surface area contributed by atoms with E-state index in [1.54, 1.807) is 24.3 Å². The number of hydrogen-bond acceptors (Lipinski definition) is 3. The van der Waals surface area contributed by atoms with Crippen LogP contribution >= 0.6 is 7.60 Å². The molecular formula is C15H17O4P. The second kappa shape index (κ2) is 7.25. The van der Waals surface area contributed by atoms with Gasteiger partial charge in [0.25, 0.3) is 0 Å². The van der Waals surface area contributed by atoms with E-state index in [1.165, 1.54) is 0 Å². The molecule has 1 atom stereocenters. The summed E-state index contributed by atoms with van der Waals surface area (Å²) < 4.78 is 22.3. The van der Waals surface area contributed by atoms with Crippen molar-refractivity contribution < 1.29 is 18.7 Å². The number of para-hydroxylation sites is 1. The lowest BCUT2D eigenvalue weighted by Gasteiger charge is -2.13. The van der Waals surface area contributed by atoms with Gasteiger partial charge in [0.2, 0.25) is 0 Å². The molecule has 20 heavy (non-hydrogen) atoms. The van der Waals surface area contributed by atoms with Crippen molar-refractivity contribution in [2.24, 2.45) is 0 Å². The summed E-state index contributed by atoms with van der Waals surface area (Å²) in [4.78, 5) is 9.72. The van der Waals surface area contributed by atoms with Crippen LogP contribution in [0.1, 0.15) is 5.56 Å². The molecule has 2 aromatic rings. The molecule has 0 aliphatic carbocycles. The first kappa shape index (κ1) is 14.8. The molecule has 0 fully saturated rings. The van der Waals surface area contributed by atoms with Gasteiger partial charge in [-0.2, -0.15) is 0 Å². The fourth-order valence-corrected chi connectivity index (χ4v) is 2.54. The fraction of sp³-hybridized carbons (Fsp3) is 0.200. The second-order valence-corrected chi connectivity index (χ2v) is 6.21. The average Bonchev–Trinajstić information content (AvgIpc) is 2.45. The third-order valence-corrected chi connectivity index (χ3v) is 3.86. The first-order chi connectivity index (χ1) is 9.66. The molecule has 0 saturated heterocycles. The van der Waals surface area contributed by atoms with Crippen LogP contribution in [0.25, 0.3) is 0 Å². The van der Waals surface area contributed by atoms with E-state index in [2.05, 4.69) is 0 Å². The van der Waals surface area contributed by atoms with Gasteiger partial charge in [-0.1, -0.05) is 48.5 Å². The average molecular weight is 292 g/mol. The van der Waals surface area contributed by atoms with E-state index in [4.69, 9.17) is 9.26 Å². The van der Waals surface area contributed by atoms with Gasteiger partial charge < -0.3 is 14.2 Å². The molecule has 1 N–H and O–H groups in total. The van der Waals surface area contributed by atoms with Gasteiger partial charge in [-0.15, -0.1) is 0 Å². The van der Waals surface area contributed by atoms with Gasteiger partial charge >= 0.3 is 7.60 Å². The van der Waals surface area contributed by atoms with Gasteiger partial charge in [-0.3, -0.25) is 0 Å². The normalized spacial score (nSPS) is 13.7. The van der Waals surface area contributed by atoms with E-state index >= 15 is 0 Å². The third-order valence-electron chi connectivity index (χ3n) is 2.62. The van der Waals surface area contributed by atoms with Crippen molar-refractivity contribution >= 4 is 7.60 Å². The minimum absolute atomic E-state index is 0.0330. The van der Waals surface area contributed by atoms with Gasteiger partial charge in [0, 0.05) is 0 Å². The number of benzene rings is 2. The maximum absolute atomic E-state index is 11.8. The van der Waals surface area contributed by atoms with Crippen LogP contribution in [0.4, 0.5) is 0 Å². The zero-order valence-electron chi connectivity index (χ0n) is 11.0. The molecule has 106 valence electrons. The van der Waals surface area contributed by atoms with Crippen molar-refractivity contribution in [2.45, 2.75) is 6.61 Å². The molecule has 0 radical (unpaired) electrons. The van der Waals surface area contributed by atoms with Crippen LogP contribution < -0.4 is 4.52 Å². The Balaban J connectivity index is 1.74. The first-order valence-electron chi connectivity index (χ1n) is 6.34. The standard InChI is InChI=1S/C15H17O4P/c16-20(17,19-15-9-5-2-6-10-15)12-11-18-13-14-7-3-1-4-8-14/h1-10H,11-13H2,(H,16,17). The Labute approximate surface area is 118 Å². The Morgan fingerprint density at radius 3 is 2.20 bits per heavy atom. The Hall–Kier alpha value is -1.61. The highest BCUT2D eigenvalue weighted by Crippen LogP contribution is 2.42. The minimum atomic E-state index is -3.66. The Kier molecular flexibility index (Phi) is 5.36. The Bertz CT molecular complexity index is 557. The summed E-state index contributed by atoms with van der Waals surface area (Å²) in [5.41, 5.74) is 1.03. The summed E-state index contributed by atoms with van der Waals surface area (Å²) >= 11 is 0. The molecule has 0 saturated carbocycles. The number of rotatable bonds is 7. The molecule has 4 nitrogen and oxygen atoms in total. The molecule has 0 bridgehead atoms. The van der Waals surface area contributed by atoms with Crippen LogP contribution in [-0.4, -0.2) is 17.7 Å². The highest BCUT2D eigenvalue weighted by molar-refractivity contribution is 7.53. The van der Waals surface area contributed by atoms with Gasteiger partial charge in [-0.25, -0.2) is 4.57 Å². The lowest BCUT2D eigenvalue weighted by atomic mass is 10.2. The predicted molar refractivity (Wildman–Crippen MR) is 77.9 cm³/mol. The minimum Gasteiger partial charge on any atom is -0.424 e. The molecule has 0 aliphatic heterocycles. The van der Waals surface area contributed by atoms with E-state index in [0.717, 1.165) is 5.56 Å². The largest absolute Gasteiger partial charge is 0.424 e. The molecular weight excluding hydrogens is 275 g/mol. The Morgan fingerprint density at radius 1 is 0.950 bits per heavy atom. The topological polar surface area (TPSA) is 55.8 Å². The zero-order chi connectivity index (χ0) is 14.3. The molecule has 2 aromatic carbocycles. The highest BCUT2D eigenvalue weighted by atomic mass is 31.2. The van der Waals surface area contributed by atoms with E-state index < -0.39 is 7.60 Å². The molecule has 2 rings (SSSR count). The summed E-state index contributed by atoms with van der Waals surface area (Å²) in [6.07, 6.45) is -0.0330. The van der Waals surface area contributed by atoms with Crippen molar-refractivity contribution in [1.29, 1.82) is 0 Å². The lowest BCUT2D eigenvalue weighted by molar-refractivity contribution is 0.132. The van der Waals surface area contributed by atoms with Crippen LogP contribution in [0.2, 0.25) is 0 Å². The second-order valence-electron chi connectivity index (χ2n) is 4.30. The molecule has 5 heteroatoms. The molecule has 1 unspecified atom stereocenters. The summed E-state index contributed by atoms with van der Waals surface area (Å²) in [7, 11) is -3.66. The van der Waals surface area contributed by atoms with Crippen molar-refractivity contribution in [1.82, 2.24) is 0 Å². The summed E-state index contributed by atoms with van der Waals surface area (Å²) in [5.74, 6) is 0.390. The van der Waals surface area contributed by atoms with Crippen LogP contribution in [0.5, 0.6) is 5.75 Å². The Morgan fingerprint density at radius 2 is 1.55 bits per heavy atom. The van der Waals surface area contributed by atoms with Crippen LogP contribution in [0, 0.1) is 0 Å². The number of ether oxygens (including phenoxy) is 1. The van der Waals surface area contributed by atoms with Gasteiger partial charge in [0.15, 0.2) is 0 Å². The zero-order valence-corrected chi connectivity index (χ0v) is 11.9. The van der Waals surface area contributed by atoms with Gasteiger partial charge in [0.1, 0.15) is 5.75 Å². The smallest absolute Gasteiger partial charge is 0.378 e. The maximum atomic E-state index is 11.8.